The Hall–Kier alpha value is -1.64. The van der Waals surface area contributed by atoms with Crippen molar-refractivity contribution < 1.29 is 8.42 Å². The molecule has 0 atom stereocenters. The molecule has 0 saturated heterocycles. The number of nitrogens with zero attached hydrogens (tertiary/aromatic N) is 2. The molecule has 2 aromatic rings. The molecule has 8 heteroatoms. The molecule has 7 nitrogen and oxygen atoms in total. The van der Waals surface area contributed by atoms with Crippen molar-refractivity contribution in [2.45, 2.75) is 36.7 Å². The number of imidazole rings is 1. The third-order valence-electron chi connectivity index (χ3n) is 3.61. The monoisotopic (exact) mass is 309 g/mol. The summed E-state index contributed by atoms with van der Waals surface area (Å²) in [6.45, 7) is 0.678. The molecule has 1 aliphatic carbocycles. The summed E-state index contributed by atoms with van der Waals surface area (Å²) >= 11 is 0. The Bertz CT molecular complexity index is 701. The zero-order valence-corrected chi connectivity index (χ0v) is 12.4. The van der Waals surface area contributed by atoms with Crippen molar-refractivity contribution in [1.82, 2.24) is 19.3 Å². The van der Waals surface area contributed by atoms with Crippen LogP contribution in [0.3, 0.4) is 0 Å². The molecular formula is C13H19N5O2S. The SMILES string of the molecule is NCc1cc(S(=O)(=O)NCCc2cnc[nH]2)cn1C1CC1. The van der Waals surface area contributed by atoms with Gasteiger partial charge in [-0.05, 0) is 18.9 Å². The standard InChI is InChI=1S/C13H19N5O2S/c14-6-12-5-13(8-18(12)11-1-2-11)21(19,20)17-4-3-10-7-15-9-16-10/h5,7-9,11,17H,1-4,6,14H2,(H,15,16). The first-order chi connectivity index (χ1) is 10.1. The fraction of sp³-hybridized carbons (Fsp3) is 0.462. The lowest BCUT2D eigenvalue weighted by atomic mass is 10.3. The van der Waals surface area contributed by atoms with Gasteiger partial charge in [0.1, 0.15) is 0 Å². The van der Waals surface area contributed by atoms with Crippen LogP contribution in [-0.2, 0) is 23.0 Å². The molecule has 1 fully saturated rings. The number of hydrogen-bond donors (Lipinski definition) is 3. The lowest BCUT2D eigenvalue weighted by Crippen LogP contribution is -2.25. The molecule has 0 aromatic carbocycles. The van der Waals surface area contributed by atoms with Crippen molar-refractivity contribution in [3.63, 3.8) is 0 Å². The maximum atomic E-state index is 12.3. The van der Waals surface area contributed by atoms with E-state index in [0.717, 1.165) is 24.2 Å². The van der Waals surface area contributed by atoms with Crippen molar-refractivity contribution >= 4 is 10.0 Å². The van der Waals surface area contributed by atoms with Crippen LogP contribution in [0, 0.1) is 0 Å². The molecule has 21 heavy (non-hydrogen) atoms. The molecule has 3 rings (SSSR count). The third kappa shape index (κ3) is 3.17. The van der Waals surface area contributed by atoms with E-state index in [9.17, 15) is 8.42 Å². The molecule has 2 heterocycles. The Morgan fingerprint density at radius 1 is 1.48 bits per heavy atom. The Labute approximate surface area is 123 Å². The summed E-state index contributed by atoms with van der Waals surface area (Å²) in [6, 6.07) is 2.08. The first-order valence-corrected chi connectivity index (χ1v) is 8.46. The van der Waals surface area contributed by atoms with Gasteiger partial charge < -0.3 is 15.3 Å². The molecule has 0 bridgehead atoms. The summed E-state index contributed by atoms with van der Waals surface area (Å²) < 4.78 is 29.2. The minimum absolute atomic E-state index is 0.291. The number of nitrogens with two attached hydrogens (primary N) is 1. The maximum absolute atomic E-state index is 12.3. The predicted octanol–water partition coefficient (Wildman–Crippen LogP) is 0.526. The summed E-state index contributed by atoms with van der Waals surface area (Å²) in [7, 11) is -3.49. The van der Waals surface area contributed by atoms with Crippen LogP contribution in [0.15, 0.2) is 29.7 Å². The normalized spacial score (nSPS) is 15.5. The predicted molar refractivity (Wildman–Crippen MR) is 78.1 cm³/mol. The van der Waals surface area contributed by atoms with E-state index in [-0.39, 0.29) is 0 Å². The van der Waals surface area contributed by atoms with Gasteiger partial charge in [-0.15, -0.1) is 0 Å². The lowest BCUT2D eigenvalue weighted by molar-refractivity contribution is 0.581. The van der Waals surface area contributed by atoms with Gasteiger partial charge in [0.15, 0.2) is 0 Å². The lowest BCUT2D eigenvalue weighted by Gasteiger charge is -2.04. The minimum atomic E-state index is -3.49. The molecule has 0 unspecified atom stereocenters. The first-order valence-electron chi connectivity index (χ1n) is 6.98. The smallest absolute Gasteiger partial charge is 0.242 e. The number of aromatic amines is 1. The summed E-state index contributed by atoms with van der Waals surface area (Å²) in [5, 5.41) is 0. The third-order valence-corrected chi connectivity index (χ3v) is 5.04. The van der Waals surface area contributed by atoms with E-state index in [1.807, 2.05) is 4.57 Å². The van der Waals surface area contributed by atoms with Gasteiger partial charge in [-0.1, -0.05) is 0 Å². The van der Waals surface area contributed by atoms with Gasteiger partial charge in [0, 0.05) is 49.3 Å². The van der Waals surface area contributed by atoms with Gasteiger partial charge in [-0.2, -0.15) is 0 Å². The van der Waals surface area contributed by atoms with Crippen LogP contribution in [0.2, 0.25) is 0 Å². The maximum Gasteiger partial charge on any atom is 0.242 e. The second-order valence-electron chi connectivity index (χ2n) is 5.23. The Morgan fingerprint density at radius 2 is 2.29 bits per heavy atom. The van der Waals surface area contributed by atoms with Crippen molar-refractivity contribution in [3.05, 3.63) is 36.2 Å². The zero-order valence-electron chi connectivity index (χ0n) is 11.6. The van der Waals surface area contributed by atoms with E-state index in [1.54, 1.807) is 24.8 Å². The molecule has 0 aliphatic heterocycles. The van der Waals surface area contributed by atoms with Crippen molar-refractivity contribution in [2.75, 3.05) is 6.54 Å². The van der Waals surface area contributed by atoms with Crippen LogP contribution in [-0.4, -0.2) is 29.5 Å². The molecule has 114 valence electrons. The van der Waals surface area contributed by atoms with E-state index in [1.165, 1.54) is 0 Å². The molecule has 4 N–H and O–H groups in total. The van der Waals surface area contributed by atoms with Crippen LogP contribution in [0.5, 0.6) is 0 Å². The van der Waals surface area contributed by atoms with E-state index >= 15 is 0 Å². The fourth-order valence-corrected chi connectivity index (χ4v) is 3.41. The van der Waals surface area contributed by atoms with Crippen molar-refractivity contribution in [3.8, 4) is 0 Å². The highest BCUT2D eigenvalue weighted by atomic mass is 32.2. The topological polar surface area (TPSA) is 106 Å². The molecule has 0 amide bonds. The van der Waals surface area contributed by atoms with Crippen molar-refractivity contribution in [2.24, 2.45) is 5.73 Å². The highest BCUT2D eigenvalue weighted by molar-refractivity contribution is 7.89. The van der Waals surface area contributed by atoms with Crippen LogP contribution >= 0.6 is 0 Å². The van der Waals surface area contributed by atoms with E-state index in [0.29, 0.717) is 30.4 Å². The van der Waals surface area contributed by atoms with Gasteiger partial charge in [-0.3, -0.25) is 0 Å². The molecule has 1 saturated carbocycles. The summed E-state index contributed by atoms with van der Waals surface area (Å²) in [5.74, 6) is 0. The van der Waals surface area contributed by atoms with Crippen LogP contribution in [0.25, 0.3) is 0 Å². The Kier molecular flexibility index (Phi) is 3.83. The zero-order chi connectivity index (χ0) is 14.9. The average molecular weight is 309 g/mol. The second kappa shape index (κ2) is 5.63. The van der Waals surface area contributed by atoms with E-state index in [2.05, 4.69) is 14.7 Å². The quantitative estimate of drug-likeness (QED) is 0.693. The fourth-order valence-electron chi connectivity index (χ4n) is 2.32. The average Bonchev–Trinajstić information content (AvgIpc) is 3.00. The largest absolute Gasteiger partial charge is 0.348 e. The van der Waals surface area contributed by atoms with Gasteiger partial charge in [0.05, 0.1) is 11.2 Å². The van der Waals surface area contributed by atoms with Crippen LogP contribution in [0.4, 0.5) is 0 Å². The highest BCUT2D eigenvalue weighted by Gasteiger charge is 2.27. The summed E-state index contributed by atoms with van der Waals surface area (Å²) in [5.41, 5.74) is 7.46. The number of aromatic nitrogens is 3. The van der Waals surface area contributed by atoms with Crippen LogP contribution in [0.1, 0.15) is 30.3 Å². The van der Waals surface area contributed by atoms with E-state index in [4.69, 9.17) is 5.73 Å². The minimum Gasteiger partial charge on any atom is -0.348 e. The molecular weight excluding hydrogens is 290 g/mol. The first kappa shape index (κ1) is 14.3. The number of rotatable bonds is 7. The van der Waals surface area contributed by atoms with Gasteiger partial charge in [0.2, 0.25) is 10.0 Å². The number of hydrogen-bond acceptors (Lipinski definition) is 4. The van der Waals surface area contributed by atoms with E-state index < -0.39 is 10.0 Å². The summed E-state index contributed by atoms with van der Waals surface area (Å²) in [6.07, 6.45) is 7.71. The van der Waals surface area contributed by atoms with Gasteiger partial charge in [-0.25, -0.2) is 18.1 Å². The Balaban J connectivity index is 1.69. The molecule has 2 aromatic heterocycles. The summed E-state index contributed by atoms with van der Waals surface area (Å²) in [4.78, 5) is 7.13. The molecule has 0 radical (unpaired) electrons. The Morgan fingerprint density at radius 3 is 2.90 bits per heavy atom. The molecule has 0 spiro atoms. The molecule has 1 aliphatic rings. The number of nitrogens with one attached hydrogen (secondary N) is 2. The number of sulfonamides is 1. The van der Waals surface area contributed by atoms with Crippen molar-refractivity contribution in [1.29, 1.82) is 0 Å². The second-order valence-corrected chi connectivity index (χ2v) is 7.00. The van der Waals surface area contributed by atoms with Crippen LogP contribution < -0.4 is 10.5 Å². The van der Waals surface area contributed by atoms with Gasteiger partial charge in [0.25, 0.3) is 0 Å². The number of H-pyrrole nitrogens is 1. The highest BCUT2D eigenvalue weighted by Crippen LogP contribution is 2.37. The van der Waals surface area contributed by atoms with Gasteiger partial charge >= 0.3 is 0 Å².